The molecule has 1 saturated heterocycles. The van der Waals surface area contributed by atoms with E-state index in [0.29, 0.717) is 36.4 Å². The molecular weight excluding hydrogens is 308 g/mol. The van der Waals surface area contributed by atoms with Gasteiger partial charge in [-0.3, -0.25) is 4.79 Å². The highest BCUT2D eigenvalue weighted by Gasteiger charge is 2.28. The second-order valence-electron chi connectivity index (χ2n) is 6.13. The Bertz CT molecular complexity index is 709. The Kier molecular flexibility index (Phi) is 4.73. The molecule has 1 fully saturated rings. The number of aromatic nitrogens is 4. The number of aryl methyl sites for hydroxylation is 3. The van der Waals surface area contributed by atoms with Gasteiger partial charge in [0.25, 0.3) is 0 Å². The Balaban J connectivity index is 1.73. The summed E-state index contributed by atoms with van der Waals surface area (Å²) in [6, 6.07) is 1.56. The van der Waals surface area contributed by atoms with E-state index < -0.39 is 0 Å². The van der Waals surface area contributed by atoms with E-state index in [1.54, 1.807) is 11.8 Å². The van der Waals surface area contributed by atoms with Gasteiger partial charge in [0, 0.05) is 18.3 Å². The molecule has 24 heavy (non-hydrogen) atoms. The summed E-state index contributed by atoms with van der Waals surface area (Å²) in [5.74, 6) is 2.46. The second-order valence-corrected chi connectivity index (χ2v) is 6.13. The Morgan fingerprint density at radius 2 is 2.04 bits per heavy atom. The third kappa shape index (κ3) is 3.87. The molecule has 3 rings (SSSR count). The number of rotatable bonds is 4. The summed E-state index contributed by atoms with van der Waals surface area (Å²) >= 11 is 0. The Labute approximate surface area is 140 Å². The van der Waals surface area contributed by atoms with Crippen LogP contribution < -0.4 is 5.32 Å². The molecule has 0 aliphatic carbocycles. The van der Waals surface area contributed by atoms with Crippen LogP contribution in [-0.4, -0.2) is 43.5 Å². The maximum atomic E-state index is 12.9. The van der Waals surface area contributed by atoms with E-state index in [2.05, 4.69) is 25.4 Å². The lowest BCUT2D eigenvalue weighted by Crippen LogP contribution is -2.41. The van der Waals surface area contributed by atoms with Crippen molar-refractivity contribution in [1.29, 1.82) is 0 Å². The quantitative estimate of drug-likeness (QED) is 0.912. The van der Waals surface area contributed by atoms with E-state index in [1.807, 2.05) is 19.9 Å². The summed E-state index contributed by atoms with van der Waals surface area (Å²) in [6.07, 6.45) is 2.71. The summed E-state index contributed by atoms with van der Waals surface area (Å²) in [4.78, 5) is 27.5. The highest BCUT2D eigenvalue weighted by atomic mass is 16.5. The van der Waals surface area contributed by atoms with Crippen LogP contribution in [0.1, 0.15) is 42.5 Å². The van der Waals surface area contributed by atoms with E-state index in [-0.39, 0.29) is 11.9 Å². The third-order valence-electron chi connectivity index (χ3n) is 3.96. The Morgan fingerprint density at radius 3 is 2.75 bits per heavy atom. The second kappa shape index (κ2) is 6.94. The monoisotopic (exact) mass is 330 g/mol. The van der Waals surface area contributed by atoms with Crippen molar-refractivity contribution < 1.29 is 9.32 Å². The minimum absolute atomic E-state index is 0.0391. The number of anilines is 1. The van der Waals surface area contributed by atoms with Crippen LogP contribution in [0.5, 0.6) is 0 Å². The van der Waals surface area contributed by atoms with Crippen molar-refractivity contribution in [2.75, 3.05) is 11.9 Å². The molecule has 1 aliphatic heterocycles. The van der Waals surface area contributed by atoms with Crippen LogP contribution in [0.3, 0.4) is 0 Å². The van der Waals surface area contributed by atoms with Crippen LogP contribution in [0.25, 0.3) is 0 Å². The standard InChI is InChI=1S/C16H22N6O2/c1-10-8-14(18-11(2)17-10)20-13-6-4-5-7-22(16(13)23)9-15-19-12(3)21-24-15/h8,13H,4-7,9H2,1-3H3,(H,17,18,20). The predicted molar refractivity (Wildman–Crippen MR) is 87.2 cm³/mol. The van der Waals surface area contributed by atoms with Gasteiger partial charge in [0.2, 0.25) is 11.8 Å². The molecule has 0 bridgehead atoms. The fourth-order valence-electron chi connectivity index (χ4n) is 2.93. The Hall–Kier alpha value is -2.51. The van der Waals surface area contributed by atoms with Crippen molar-refractivity contribution in [2.45, 2.75) is 52.6 Å². The average molecular weight is 330 g/mol. The van der Waals surface area contributed by atoms with Crippen molar-refractivity contribution in [3.05, 3.63) is 29.3 Å². The first-order valence-electron chi connectivity index (χ1n) is 8.18. The van der Waals surface area contributed by atoms with Gasteiger partial charge in [0.05, 0.1) is 0 Å². The highest BCUT2D eigenvalue weighted by Crippen LogP contribution is 2.18. The molecule has 1 unspecified atom stereocenters. The first-order chi connectivity index (χ1) is 11.5. The SMILES string of the molecule is Cc1cc(NC2CCCCN(Cc3nc(C)no3)C2=O)nc(C)n1. The molecule has 0 aromatic carbocycles. The molecule has 2 aromatic heterocycles. The van der Waals surface area contributed by atoms with Gasteiger partial charge < -0.3 is 14.7 Å². The number of likely N-dealkylation sites (tertiary alicyclic amines) is 1. The minimum atomic E-state index is -0.301. The molecule has 8 heteroatoms. The smallest absolute Gasteiger partial charge is 0.246 e. The Morgan fingerprint density at radius 1 is 1.21 bits per heavy atom. The fourth-order valence-corrected chi connectivity index (χ4v) is 2.93. The molecule has 8 nitrogen and oxygen atoms in total. The van der Waals surface area contributed by atoms with Crippen LogP contribution in [0, 0.1) is 20.8 Å². The molecule has 0 spiro atoms. The van der Waals surface area contributed by atoms with Crippen molar-refractivity contribution in [1.82, 2.24) is 25.0 Å². The first kappa shape index (κ1) is 16.4. The zero-order valence-electron chi connectivity index (χ0n) is 14.2. The largest absolute Gasteiger partial charge is 0.358 e. The van der Waals surface area contributed by atoms with Gasteiger partial charge >= 0.3 is 0 Å². The zero-order chi connectivity index (χ0) is 17.1. The minimum Gasteiger partial charge on any atom is -0.358 e. The molecule has 3 heterocycles. The maximum absolute atomic E-state index is 12.9. The number of carbonyl (C=O) groups is 1. The van der Waals surface area contributed by atoms with Gasteiger partial charge in [-0.05, 0) is 40.0 Å². The maximum Gasteiger partial charge on any atom is 0.246 e. The van der Waals surface area contributed by atoms with E-state index in [4.69, 9.17) is 4.52 Å². The van der Waals surface area contributed by atoms with Crippen molar-refractivity contribution in [3.63, 3.8) is 0 Å². The van der Waals surface area contributed by atoms with Crippen molar-refractivity contribution in [2.24, 2.45) is 0 Å². The van der Waals surface area contributed by atoms with Gasteiger partial charge in [-0.25, -0.2) is 9.97 Å². The summed E-state index contributed by atoms with van der Waals surface area (Å²) in [5.41, 5.74) is 0.879. The molecule has 1 aliphatic rings. The fraction of sp³-hybridized carbons (Fsp3) is 0.562. The third-order valence-corrected chi connectivity index (χ3v) is 3.96. The van der Waals surface area contributed by atoms with Crippen LogP contribution in [0.15, 0.2) is 10.6 Å². The lowest BCUT2D eigenvalue weighted by molar-refractivity contribution is -0.132. The van der Waals surface area contributed by atoms with E-state index in [0.717, 1.165) is 25.0 Å². The first-order valence-corrected chi connectivity index (χ1v) is 8.18. The zero-order valence-corrected chi connectivity index (χ0v) is 14.2. The van der Waals surface area contributed by atoms with Gasteiger partial charge in [0.1, 0.15) is 24.2 Å². The van der Waals surface area contributed by atoms with E-state index >= 15 is 0 Å². The predicted octanol–water partition coefficient (Wildman–Crippen LogP) is 1.78. The number of nitrogens with zero attached hydrogens (tertiary/aromatic N) is 5. The number of carbonyl (C=O) groups excluding carboxylic acids is 1. The van der Waals surface area contributed by atoms with Gasteiger partial charge in [0.15, 0.2) is 5.82 Å². The highest BCUT2D eigenvalue weighted by molar-refractivity contribution is 5.84. The number of amides is 1. The molecule has 128 valence electrons. The topological polar surface area (TPSA) is 97.0 Å². The number of hydrogen-bond acceptors (Lipinski definition) is 7. The number of nitrogens with one attached hydrogen (secondary N) is 1. The molecule has 1 atom stereocenters. The lowest BCUT2D eigenvalue weighted by Gasteiger charge is -2.24. The normalized spacial score (nSPS) is 18.5. The van der Waals surface area contributed by atoms with Gasteiger partial charge in [-0.15, -0.1) is 0 Å². The lowest BCUT2D eigenvalue weighted by atomic mass is 10.1. The average Bonchev–Trinajstić information content (AvgIpc) is 2.84. The summed E-state index contributed by atoms with van der Waals surface area (Å²) in [7, 11) is 0. The molecule has 0 radical (unpaired) electrons. The molecule has 0 saturated carbocycles. The van der Waals surface area contributed by atoms with E-state index in [1.165, 1.54) is 0 Å². The van der Waals surface area contributed by atoms with Crippen molar-refractivity contribution >= 4 is 11.7 Å². The van der Waals surface area contributed by atoms with Gasteiger partial charge in [-0.1, -0.05) is 5.16 Å². The van der Waals surface area contributed by atoms with Gasteiger partial charge in [-0.2, -0.15) is 4.98 Å². The van der Waals surface area contributed by atoms with E-state index in [9.17, 15) is 4.79 Å². The summed E-state index contributed by atoms with van der Waals surface area (Å²) in [5, 5.41) is 7.04. The molecule has 2 aromatic rings. The number of hydrogen-bond donors (Lipinski definition) is 1. The summed E-state index contributed by atoms with van der Waals surface area (Å²) in [6.45, 7) is 6.57. The van der Waals surface area contributed by atoms with Crippen LogP contribution in [0.2, 0.25) is 0 Å². The molecule has 1 amide bonds. The summed E-state index contributed by atoms with van der Waals surface area (Å²) < 4.78 is 5.15. The van der Waals surface area contributed by atoms with Crippen LogP contribution in [-0.2, 0) is 11.3 Å². The van der Waals surface area contributed by atoms with Crippen LogP contribution >= 0.6 is 0 Å². The van der Waals surface area contributed by atoms with Crippen LogP contribution in [0.4, 0.5) is 5.82 Å². The molecular formula is C16H22N6O2. The molecule has 1 N–H and O–H groups in total. The van der Waals surface area contributed by atoms with Crippen molar-refractivity contribution in [3.8, 4) is 0 Å².